The Morgan fingerprint density at radius 3 is 1.14 bits per heavy atom. The summed E-state index contributed by atoms with van der Waals surface area (Å²) < 4.78 is 0. The van der Waals surface area contributed by atoms with Gasteiger partial charge in [-0.3, -0.25) is 0 Å². The van der Waals surface area contributed by atoms with E-state index >= 15 is 0 Å². The predicted octanol–water partition coefficient (Wildman–Crippen LogP) is 21.0. The number of nitrogens with zero attached hydrogens (tertiary/aromatic N) is 5. The number of H-pyrrole nitrogens is 1. The Balaban J connectivity index is 1.34. The van der Waals surface area contributed by atoms with Gasteiger partial charge in [-0.2, -0.15) is 15.0 Å². The number of rotatable bonds is 46. The van der Waals surface area contributed by atoms with Crippen LogP contribution in [-0.2, 0) is 13.1 Å². The monoisotopic (exact) mass is 998 g/mol. The summed E-state index contributed by atoms with van der Waals surface area (Å²) in [6, 6.07) is 8.93. The number of fused-ring (bicyclic) bond motifs is 2. The van der Waals surface area contributed by atoms with Crippen LogP contribution < -0.4 is 4.80 Å². The summed E-state index contributed by atoms with van der Waals surface area (Å²) in [5.41, 5.74) is 6.56. The van der Waals surface area contributed by atoms with Gasteiger partial charge in [-0.1, -0.05) is 271 Å². The third kappa shape index (κ3) is 21.9. The van der Waals surface area contributed by atoms with Crippen molar-refractivity contribution in [2.75, 3.05) is 0 Å². The van der Waals surface area contributed by atoms with Crippen LogP contribution in [0.5, 0.6) is 0 Å². The quantitative estimate of drug-likeness (QED) is 0.0312. The first-order chi connectivity index (χ1) is 34.7. The average molecular weight is 999 g/mol. The second kappa shape index (κ2) is 37.2. The van der Waals surface area contributed by atoms with Gasteiger partial charge in [0.15, 0.2) is 5.52 Å². The Hall–Kier alpha value is -2.58. The molecule has 0 fully saturated rings. The maximum Gasteiger partial charge on any atom is 0.203 e. The first kappa shape index (κ1) is 58.3. The molecule has 8 heteroatoms. The normalized spacial score (nSPS) is 12.9. The van der Waals surface area contributed by atoms with Crippen LogP contribution in [0.3, 0.4) is 0 Å². The summed E-state index contributed by atoms with van der Waals surface area (Å²) in [6.45, 7) is 11.1. The molecule has 0 aliphatic heterocycles. The highest BCUT2D eigenvalue weighted by Crippen LogP contribution is 2.43. The van der Waals surface area contributed by atoms with Crippen LogP contribution in [0.15, 0.2) is 35.0 Å². The van der Waals surface area contributed by atoms with Crippen LogP contribution in [-0.4, -0.2) is 25.2 Å². The molecule has 0 spiro atoms. The summed E-state index contributed by atoms with van der Waals surface area (Å²) in [7, 11) is 0. The zero-order chi connectivity index (χ0) is 49.1. The van der Waals surface area contributed by atoms with E-state index in [1.54, 1.807) is 0 Å². The lowest BCUT2D eigenvalue weighted by atomic mass is 9.94. The molecule has 0 bridgehead atoms. The first-order valence-electron chi connectivity index (χ1n) is 30.4. The topological polar surface area (TPSA) is 63.3 Å². The van der Waals surface area contributed by atoms with E-state index in [1.165, 1.54) is 272 Å². The lowest BCUT2D eigenvalue weighted by molar-refractivity contribution is -0.805. The van der Waals surface area contributed by atoms with Gasteiger partial charge in [0, 0.05) is 20.8 Å². The van der Waals surface area contributed by atoms with E-state index in [1.807, 2.05) is 22.7 Å². The molecular formula is C62H105N6S2+. The van der Waals surface area contributed by atoms with Gasteiger partial charge in [-0.25, -0.2) is 0 Å². The van der Waals surface area contributed by atoms with Crippen molar-refractivity contribution in [1.29, 1.82) is 0 Å². The van der Waals surface area contributed by atoms with Crippen molar-refractivity contribution in [3.05, 3.63) is 35.0 Å². The van der Waals surface area contributed by atoms with E-state index in [-0.39, 0.29) is 0 Å². The van der Waals surface area contributed by atoms with Crippen molar-refractivity contribution in [3.8, 4) is 20.9 Å². The maximum absolute atomic E-state index is 5.55. The largest absolute Gasteiger partial charge is 0.203 e. The number of benzene rings is 1. The van der Waals surface area contributed by atoms with Crippen molar-refractivity contribution >= 4 is 44.7 Å². The summed E-state index contributed by atoms with van der Waals surface area (Å²) in [5.74, 6) is 1.23. The summed E-state index contributed by atoms with van der Waals surface area (Å²) in [4.78, 5) is 6.82. The van der Waals surface area contributed by atoms with Crippen LogP contribution >= 0.6 is 22.7 Å². The van der Waals surface area contributed by atoms with Gasteiger partial charge < -0.3 is 0 Å². The van der Waals surface area contributed by atoms with Gasteiger partial charge >= 0.3 is 0 Å². The molecular weight excluding hydrogens is 893 g/mol. The van der Waals surface area contributed by atoms with Crippen molar-refractivity contribution in [1.82, 2.24) is 25.2 Å². The number of thiophene rings is 2. The highest BCUT2D eigenvalue weighted by atomic mass is 32.1. The van der Waals surface area contributed by atoms with Gasteiger partial charge in [0.1, 0.15) is 16.6 Å². The highest BCUT2D eigenvalue weighted by Gasteiger charge is 2.29. The third-order valence-corrected chi connectivity index (χ3v) is 17.3. The Morgan fingerprint density at radius 2 is 0.771 bits per heavy atom. The molecule has 0 amide bonds. The molecule has 1 N–H and O–H groups in total. The Kier molecular flexibility index (Phi) is 31.0. The molecule has 2 atom stereocenters. The number of nitrogens with one attached hydrogen (secondary N) is 1. The minimum Gasteiger partial charge on any atom is -0.183 e. The van der Waals surface area contributed by atoms with E-state index in [9.17, 15) is 0 Å². The number of hydrogen-bond acceptors (Lipinski definition) is 5. The molecule has 1 aromatic carbocycles. The zero-order valence-corrected chi connectivity index (χ0v) is 47.5. The van der Waals surface area contributed by atoms with E-state index < -0.39 is 0 Å². The molecule has 5 rings (SSSR count). The van der Waals surface area contributed by atoms with Crippen LogP contribution in [0.2, 0.25) is 0 Å². The molecule has 70 heavy (non-hydrogen) atoms. The molecule has 4 heterocycles. The lowest BCUT2D eigenvalue weighted by Gasteiger charge is -2.16. The predicted molar refractivity (Wildman–Crippen MR) is 308 cm³/mol. The fourth-order valence-corrected chi connectivity index (χ4v) is 12.8. The minimum atomic E-state index is 0.602. The van der Waals surface area contributed by atoms with Crippen LogP contribution in [0, 0.1) is 11.8 Å². The molecule has 0 aliphatic carbocycles. The first-order valence-corrected chi connectivity index (χ1v) is 32.2. The van der Waals surface area contributed by atoms with Crippen LogP contribution in [0.4, 0.5) is 0 Å². The molecule has 2 unspecified atom stereocenters. The number of aromatic amines is 1. The zero-order valence-electron chi connectivity index (χ0n) is 45.9. The molecule has 5 aromatic rings. The Bertz CT molecular complexity index is 1780. The van der Waals surface area contributed by atoms with Gasteiger partial charge in [0.25, 0.3) is 0 Å². The van der Waals surface area contributed by atoms with E-state index in [4.69, 9.17) is 15.3 Å². The lowest BCUT2D eigenvalue weighted by Crippen LogP contribution is -2.42. The smallest absolute Gasteiger partial charge is 0.183 e. The third-order valence-electron chi connectivity index (χ3n) is 15.6. The molecule has 0 saturated heterocycles. The molecule has 0 saturated carbocycles. The molecule has 0 aliphatic rings. The van der Waals surface area contributed by atoms with Crippen LogP contribution in [0.25, 0.3) is 42.9 Å². The summed E-state index contributed by atoms with van der Waals surface area (Å²) in [6.07, 6.45) is 54.9. The Labute approximate surface area is 437 Å². The van der Waals surface area contributed by atoms with Crippen LogP contribution in [0.1, 0.15) is 285 Å². The Morgan fingerprint density at radius 1 is 0.429 bits per heavy atom. The second-order valence-corrected chi connectivity index (χ2v) is 23.8. The van der Waals surface area contributed by atoms with Gasteiger partial charge in [-0.05, 0) is 59.3 Å². The minimum absolute atomic E-state index is 0.602. The number of hydrogen-bond donors (Lipinski definition) is 1. The molecule has 0 radical (unpaired) electrons. The summed E-state index contributed by atoms with van der Waals surface area (Å²) in [5, 5.41) is 25.0. The van der Waals surface area contributed by atoms with Gasteiger partial charge in [0.05, 0.1) is 17.7 Å². The fraction of sp³-hybridized carbons (Fsp3) is 0.774. The SMILES string of the molecule is CCCCCCCCCCCCC(CCCCCCCCCC)Cn1nc2c(-c3cccs3)c3n[n+](CC(CCCCCCCCCC)CCCCCCCCCCCC)[nH]c3c(-c3cccs3)c2n1. The maximum atomic E-state index is 5.55. The van der Waals surface area contributed by atoms with Gasteiger partial charge in [0.2, 0.25) is 6.54 Å². The standard InChI is InChI=1S/C62H105N6S2/c1-5-9-13-17-21-25-27-31-35-39-45-53(43-37-33-29-23-19-15-11-7-3)51-67-63-59-57(55-47-41-49-69-55)61-62(58(60(59)64-67)56-48-42-50-70-56)66-68(65-61)52-54(44-38-34-30-24-20-16-12-8-4)46-40-36-32-28-26-22-18-14-10-6-2/h41-42,47-50,53-54H,5-40,43-46,51-52H2,1-4H3,(H,63,64)/q+1. The van der Waals surface area contributed by atoms with E-state index in [0.29, 0.717) is 11.8 Å². The van der Waals surface area contributed by atoms with Crippen molar-refractivity contribution in [2.24, 2.45) is 11.8 Å². The highest BCUT2D eigenvalue weighted by molar-refractivity contribution is 7.14. The van der Waals surface area contributed by atoms with E-state index in [2.05, 4.69) is 77.4 Å². The molecule has 4 aromatic heterocycles. The van der Waals surface area contributed by atoms with Crippen molar-refractivity contribution < 1.29 is 4.80 Å². The average Bonchev–Trinajstić information content (AvgIpc) is 4.23. The summed E-state index contributed by atoms with van der Waals surface area (Å²) >= 11 is 3.62. The molecule has 6 nitrogen and oxygen atoms in total. The number of aromatic nitrogens is 6. The second-order valence-electron chi connectivity index (χ2n) is 21.9. The van der Waals surface area contributed by atoms with Gasteiger partial charge in [-0.15, -0.1) is 27.8 Å². The fourth-order valence-electron chi connectivity index (χ4n) is 11.2. The molecule has 394 valence electrons. The number of unbranched alkanes of at least 4 members (excludes halogenated alkanes) is 32. The van der Waals surface area contributed by atoms with E-state index in [0.717, 1.165) is 40.7 Å². The van der Waals surface area contributed by atoms with Crippen molar-refractivity contribution in [2.45, 2.75) is 298 Å². The van der Waals surface area contributed by atoms with Crippen molar-refractivity contribution in [3.63, 3.8) is 0 Å².